The largest absolute Gasteiger partial charge is 0.324 e. The Bertz CT molecular complexity index is 474. The van der Waals surface area contributed by atoms with Crippen LogP contribution in [0.15, 0.2) is 23.1 Å². The number of carbonyl (C=O) groups excluding carboxylic acids is 2. The van der Waals surface area contributed by atoms with Crippen molar-refractivity contribution in [2.24, 2.45) is 0 Å². The number of Topliss-reactive ketones (excluding diaryl/α,β-unsaturated/α-hetero) is 1. The normalized spacial score (nSPS) is 16.0. The van der Waals surface area contributed by atoms with E-state index in [0.717, 1.165) is 10.6 Å². The summed E-state index contributed by atoms with van der Waals surface area (Å²) in [4.78, 5) is 24.2. The van der Waals surface area contributed by atoms with E-state index in [0.29, 0.717) is 11.3 Å². The number of hydrogen-bond acceptors (Lipinski definition) is 4. The summed E-state index contributed by atoms with van der Waals surface area (Å²) in [5.41, 5.74) is 1.36. The van der Waals surface area contributed by atoms with Crippen molar-refractivity contribution in [1.82, 2.24) is 5.32 Å². The predicted molar refractivity (Wildman–Crippen MR) is 68.6 cm³/mol. The van der Waals surface area contributed by atoms with Crippen LogP contribution >= 0.6 is 11.8 Å². The summed E-state index contributed by atoms with van der Waals surface area (Å²) in [7, 11) is 1.75. The smallest absolute Gasteiger partial charge is 0.234 e. The van der Waals surface area contributed by atoms with Crippen molar-refractivity contribution in [2.45, 2.75) is 17.9 Å². The highest BCUT2D eigenvalue weighted by atomic mass is 32.2. The van der Waals surface area contributed by atoms with Crippen molar-refractivity contribution in [2.75, 3.05) is 18.1 Å². The van der Waals surface area contributed by atoms with Gasteiger partial charge in [-0.25, -0.2) is 0 Å². The van der Waals surface area contributed by atoms with Crippen LogP contribution in [0.3, 0.4) is 0 Å². The van der Waals surface area contributed by atoms with Gasteiger partial charge in [-0.3, -0.25) is 9.59 Å². The molecule has 0 fully saturated rings. The minimum atomic E-state index is -0.222. The molecule has 1 aliphatic heterocycles. The van der Waals surface area contributed by atoms with E-state index in [1.165, 1.54) is 11.8 Å². The van der Waals surface area contributed by atoms with Gasteiger partial charge < -0.3 is 10.6 Å². The first-order valence-corrected chi connectivity index (χ1v) is 6.38. The van der Waals surface area contributed by atoms with Gasteiger partial charge in [0.05, 0.1) is 17.5 Å². The summed E-state index contributed by atoms with van der Waals surface area (Å²) in [6, 6.07) is 5.21. The van der Waals surface area contributed by atoms with E-state index in [2.05, 4.69) is 10.6 Å². The lowest BCUT2D eigenvalue weighted by Crippen LogP contribution is -2.31. The number of carbonyl (C=O) groups is 2. The second-order valence-electron chi connectivity index (χ2n) is 3.92. The average molecular weight is 250 g/mol. The van der Waals surface area contributed by atoms with Crippen molar-refractivity contribution >= 4 is 29.1 Å². The second-order valence-corrected chi connectivity index (χ2v) is 4.94. The number of rotatable bonds is 3. The molecule has 0 aromatic heterocycles. The minimum Gasteiger partial charge on any atom is -0.324 e. The maximum atomic E-state index is 12.0. The molecule has 5 heteroatoms. The minimum absolute atomic E-state index is 0.0197. The Balaban J connectivity index is 2.30. The number of hydrogen-bond donors (Lipinski definition) is 2. The maximum absolute atomic E-state index is 12.0. The molecule has 0 saturated carbocycles. The standard InChI is InChI=1S/C12H14N2O2S/c1-7(13-2)12(16)8-3-4-10-9(5-8)14-11(15)6-17-10/h3-5,7,13H,6H2,1-2H3,(H,14,15). The van der Waals surface area contributed by atoms with Crippen LogP contribution in [0.25, 0.3) is 0 Å². The van der Waals surface area contributed by atoms with Crippen LogP contribution in [0.1, 0.15) is 17.3 Å². The van der Waals surface area contributed by atoms with Crippen molar-refractivity contribution in [3.05, 3.63) is 23.8 Å². The highest BCUT2D eigenvalue weighted by Crippen LogP contribution is 2.32. The van der Waals surface area contributed by atoms with Crippen LogP contribution in [-0.2, 0) is 4.79 Å². The van der Waals surface area contributed by atoms with Crippen molar-refractivity contribution in [1.29, 1.82) is 0 Å². The fraction of sp³-hybridized carbons (Fsp3) is 0.333. The lowest BCUT2D eigenvalue weighted by Gasteiger charge is -2.17. The zero-order chi connectivity index (χ0) is 12.4. The van der Waals surface area contributed by atoms with Gasteiger partial charge in [-0.2, -0.15) is 0 Å². The van der Waals surface area contributed by atoms with Crippen molar-refractivity contribution < 1.29 is 9.59 Å². The molecule has 1 heterocycles. The zero-order valence-electron chi connectivity index (χ0n) is 9.74. The maximum Gasteiger partial charge on any atom is 0.234 e. The molecular weight excluding hydrogens is 236 g/mol. The van der Waals surface area contributed by atoms with Gasteiger partial charge >= 0.3 is 0 Å². The molecule has 0 saturated heterocycles. The number of nitrogens with one attached hydrogen (secondary N) is 2. The highest BCUT2D eigenvalue weighted by molar-refractivity contribution is 8.00. The molecule has 2 N–H and O–H groups in total. The van der Waals surface area contributed by atoms with E-state index in [1.807, 2.05) is 13.0 Å². The number of ketones is 1. The van der Waals surface area contributed by atoms with Crippen molar-refractivity contribution in [3.8, 4) is 0 Å². The van der Waals surface area contributed by atoms with Gasteiger partial charge in [0.15, 0.2) is 5.78 Å². The first-order chi connectivity index (χ1) is 8.11. The van der Waals surface area contributed by atoms with E-state index in [9.17, 15) is 9.59 Å². The van der Waals surface area contributed by atoms with Crippen LogP contribution < -0.4 is 10.6 Å². The lowest BCUT2D eigenvalue weighted by atomic mass is 10.0. The Morgan fingerprint density at radius 3 is 3.00 bits per heavy atom. The molecule has 0 radical (unpaired) electrons. The van der Waals surface area contributed by atoms with E-state index in [4.69, 9.17) is 0 Å². The summed E-state index contributed by atoms with van der Waals surface area (Å²) >= 11 is 1.49. The quantitative estimate of drug-likeness (QED) is 0.799. The monoisotopic (exact) mass is 250 g/mol. The number of fused-ring (bicyclic) bond motifs is 1. The summed E-state index contributed by atoms with van der Waals surface area (Å²) in [5.74, 6) is 0.446. The van der Waals surface area contributed by atoms with Crippen LogP contribution in [0, 0.1) is 0 Å². The van der Waals surface area contributed by atoms with Gasteiger partial charge in [-0.1, -0.05) is 6.07 Å². The number of benzene rings is 1. The molecule has 1 aliphatic rings. The molecule has 0 spiro atoms. The van der Waals surface area contributed by atoms with E-state index >= 15 is 0 Å². The van der Waals surface area contributed by atoms with Gasteiger partial charge in [0.25, 0.3) is 0 Å². The van der Waals surface area contributed by atoms with Gasteiger partial charge in [-0.05, 0) is 26.1 Å². The Morgan fingerprint density at radius 2 is 2.29 bits per heavy atom. The zero-order valence-corrected chi connectivity index (χ0v) is 10.6. The van der Waals surface area contributed by atoms with E-state index in [1.54, 1.807) is 19.2 Å². The molecule has 17 heavy (non-hydrogen) atoms. The molecule has 2 rings (SSSR count). The molecule has 1 aromatic carbocycles. The highest BCUT2D eigenvalue weighted by Gasteiger charge is 2.19. The third-order valence-corrected chi connectivity index (χ3v) is 3.80. The Kier molecular flexibility index (Phi) is 3.49. The number of amides is 1. The Labute approximate surface area is 104 Å². The summed E-state index contributed by atoms with van der Waals surface area (Å²) < 4.78 is 0. The van der Waals surface area contributed by atoms with Gasteiger partial charge in [0.1, 0.15) is 0 Å². The number of thioether (sulfide) groups is 1. The fourth-order valence-electron chi connectivity index (χ4n) is 1.62. The van der Waals surface area contributed by atoms with Crippen molar-refractivity contribution in [3.63, 3.8) is 0 Å². The molecule has 90 valence electrons. The third kappa shape index (κ3) is 2.50. The molecule has 1 atom stereocenters. The summed E-state index contributed by atoms with van der Waals surface area (Å²) in [5, 5.41) is 5.69. The molecule has 4 nitrogen and oxygen atoms in total. The molecule has 1 unspecified atom stereocenters. The molecule has 1 amide bonds. The Morgan fingerprint density at radius 1 is 1.53 bits per heavy atom. The topological polar surface area (TPSA) is 58.2 Å². The molecule has 0 aliphatic carbocycles. The first-order valence-electron chi connectivity index (χ1n) is 5.40. The first kappa shape index (κ1) is 12.1. The van der Waals surface area contributed by atoms with E-state index in [-0.39, 0.29) is 17.7 Å². The van der Waals surface area contributed by atoms with E-state index < -0.39 is 0 Å². The van der Waals surface area contributed by atoms with Gasteiger partial charge in [0.2, 0.25) is 5.91 Å². The predicted octanol–water partition coefficient (Wildman–Crippen LogP) is 1.52. The van der Waals surface area contributed by atoms with Crippen LogP contribution in [0.2, 0.25) is 0 Å². The fourth-order valence-corrected chi connectivity index (χ4v) is 2.41. The number of anilines is 1. The average Bonchev–Trinajstić information content (AvgIpc) is 2.36. The van der Waals surface area contributed by atoms with Crippen LogP contribution in [0.4, 0.5) is 5.69 Å². The Hall–Kier alpha value is -1.33. The molecular formula is C12H14N2O2S. The van der Waals surface area contributed by atoms with Crippen LogP contribution in [0.5, 0.6) is 0 Å². The SMILES string of the molecule is CNC(C)C(=O)c1ccc2c(c1)NC(=O)CS2. The molecule has 0 bridgehead atoms. The third-order valence-electron chi connectivity index (χ3n) is 2.72. The lowest BCUT2D eigenvalue weighted by molar-refractivity contribution is -0.113. The summed E-state index contributed by atoms with van der Waals surface area (Å²) in [6.45, 7) is 1.81. The van der Waals surface area contributed by atoms with Gasteiger partial charge in [-0.15, -0.1) is 11.8 Å². The second kappa shape index (κ2) is 4.89. The number of likely N-dealkylation sites (N-methyl/N-ethyl adjacent to an activating group) is 1. The molecule has 1 aromatic rings. The van der Waals surface area contributed by atoms with Gasteiger partial charge in [0, 0.05) is 10.5 Å². The van der Waals surface area contributed by atoms with Crippen LogP contribution in [-0.4, -0.2) is 30.5 Å². The summed E-state index contributed by atoms with van der Waals surface area (Å²) in [6.07, 6.45) is 0.